The van der Waals surface area contributed by atoms with Gasteiger partial charge in [-0.15, -0.1) is 17.9 Å². The second-order valence-electron chi connectivity index (χ2n) is 4.16. The molecule has 0 saturated heterocycles. The van der Waals surface area contributed by atoms with E-state index in [2.05, 4.69) is 16.0 Å². The fourth-order valence-corrected chi connectivity index (χ4v) is 4.30. The molecule has 1 rings (SSSR count). The van der Waals surface area contributed by atoms with Gasteiger partial charge >= 0.3 is 5.97 Å². The lowest BCUT2D eigenvalue weighted by molar-refractivity contribution is 0.0602. The Morgan fingerprint density at radius 3 is 2.81 bits per heavy atom. The van der Waals surface area contributed by atoms with Crippen molar-refractivity contribution in [2.75, 3.05) is 26.9 Å². The molecule has 21 heavy (non-hydrogen) atoms. The predicted molar refractivity (Wildman–Crippen MR) is 81.2 cm³/mol. The van der Waals surface area contributed by atoms with E-state index >= 15 is 0 Å². The summed E-state index contributed by atoms with van der Waals surface area (Å²) in [5.74, 6) is -0.657. The Morgan fingerprint density at radius 2 is 2.19 bits per heavy atom. The lowest BCUT2D eigenvalue weighted by Gasteiger charge is -2.08. The molecule has 118 valence electrons. The number of sulfonamides is 1. The van der Waals surface area contributed by atoms with E-state index in [0.29, 0.717) is 18.6 Å². The Hall–Kier alpha value is -1.22. The Morgan fingerprint density at radius 1 is 1.48 bits per heavy atom. The van der Waals surface area contributed by atoms with E-state index in [1.807, 2.05) is 0 Å². The van der Waals surface area contributed by atoms with Gasteiger partial charge in [0.05, 0.1) is 20.3 Å². The molecular formula is C13H19NO5S2. The van der Waals surface area contributed by atoms with Gasteiger partial charge < -0.3 is 9.47 Å². The average Bonchev–Trinajstić information content (AvgIpc) is 2.84. The van der Waals surface area contributed by atoms with Gasteiger partial charge in [0.1, 0.15) is 9.77 Å². The molecule has 0 aliphatic heterocycles. The van der Waals surface area contributed by atoms with Crippen molar-refractivity contribution in [2.45, 2.75) is 18.2 Å². The van der Waals surface area contributed by atoms with E-state index < -0.39 is 16.0 Å². The zero-order valence-corrected chi connectivity index (χ0v) is 13.7. The van der Waals surface area contributed by atoms with Gasteiger partial charge in [0.15, 0.2) is 0 Å². The first kappa shape index (κ1) is 17.8. The molecule has 0 aromatic carbocycles. The summed E-state index contributed by atoms with van der Waals surface area (Å²) in [6, 6.07) is 0. The van der Waals surface area contributed by atoms with Crippen molar-refractivity contribution in [1.82, 2.24) is 4.72 Å². The minimum Gasteiger partial charge on any atom is -0.465 e. The van der Waals surface area contributed by atoms with Crippen molar-refractivity contribution in [1.29, 1.82) is 0 Å². The summed E-state index contributed by atoms with van der Waals surface area (Å²) in [6.45, 7) is 6.08. The second-order valence-corrected chi connectivity index (χ2v) is 6.74. The molecule has 0 amide bonds. The maximum Gasteiger partial charge on any atom is 0.349 e. The smallest absolute Gasteiger partial charge is 0.349 e. The molecule has 0 aliphatic rings. The quantitative estimate of drug-likeness (QED) is 0.423. The molecule has 0 fully saturated rings. The summed E-state index contributed by atoms with van der Waals surface area (Å²) in [6.07, 6.45) is 2.43. The van der Waals surface area contributed by atoms with Gasteiger partial charge in [0.2, 0.25) is 10.0 Å². The molecule has 1 aromatic rings. The Bertz CT molecular complexity index is 592. The third-order valence-corrected chi connectivity index (χ3v) is 5.42. The summed E-state index contributed by atoms with van der Waals surface area (Å²) in [4.78, 5) is 11.7. The number of esters is 1. The summed E-state index contributed by atoms with van der Waals surface area (Å²) in [7, 11) is -2.55. The van der Waals surface area contributed by atoms with Gasteiger partial charge in [0.25, 0.3) is 0 Å². The van der Waals surface area contributed by atoms with Crippen LogP contribution < -0.4 is 4.72 Å². The van der Waals surface area contributed by atoms with E-state index in [1.54, 1.807) is 18.4 Å². The van der Waals surface area contributed by atoms with Crippen LogP contribution in [-0.2, 0) is 19.5 Å². The first-order valence-electron chi connectivity index (χ1n) is 6.28. The first-order chi connectivity index (χ1) is 9.94. The number of aryl methyl sites for hydroxylation is 1. The minimum absolute atomic E-state index is 0.0227. The molecule has 0 bridgehead atoms. The van der Waals surface area contributed by atoms with Crippen LogP contribution in [0.1, 0.15) is 21.7 Å². The van der Waals surface area contributed by atoms with Crippen LogP contribution in [0.25, 0.3) is 0 Å². The van der Waals surface area contributed by atoms with Crippen LogP contribution in [0.5, 0.6) is 0 Å². The van der Waals surface area contributed by atoms with E-state index in [1.165, 1.54) is 7.11 Å². The van der Waals surface area contributed by atoms with Crippen LogP contribution in [-0.4, -0.2) is 41.3 Å². The fourth-order valence-electron chi connectivity index (χ4n) is 1.59. The summed E-state index contributed by atoms with van der Waals surface area (Å²) in [5.41, 5.74) is 0.514. The van der Waals surface area contributed by atoms with Crippen molar-refractivity contribution in [2.24, 2.45) is 0 Å². The number of hydrogen-bond acceptors (Lipinski definition) is 6. The van der Waals surface area contributed by atoms with E-state index in [4.69, 9.17) is 4.74 Å². The number of carbonyl (C=O) groups is 1. The summed E-state index contributed by atoms with van der Waals surface area (Å²) < 4.78 is 36.8. The topological polar surface area (TPSA) is 81.7 Å². The van der Waals surface area contributed by atoms with Crippen LogP contribution in [0.3, 0.4) is 0 Å². The van der Waals surface area contributed by atoms with Crippen LogP contribution >= 0.6 is 11.3 Å². The number of nitrogens with one attached hydrogen (secondary N) is 1. The maximum absolute atomic E-state index is 12.3. The molecule has 0 radical (unpaired) electrons. The van der Waals surface area contributed by atoms with Crippen molar-refractivity contribution < 1.29 is 22.7 Å². The fraction of sp³-hybridized carbons (Fsp3) is 0.462. The van der Waals surface area contributed by atoms with Crippen LogP contribution in [0.15, 0.2) is 22.9 Å². The van der Waals surface area contributed by atoms with Gasteiger partial charge in [-0.25, -0.2) is 17.9 Å². The maximum atomic E-state index is 12.3. The molecule has 0 aliphatic carbocycles. The van der Waals surface area contributed by atoms with Crippen LogP contribution in [0.4, 0.5) is 0 Å². The monoisotopic (exact) mass is 333 g/mol. The number of hydrogen-bond donors (Lipinski definition) is 1. The lowest BCUT2D eigenvalue weighted by Crippen LogP contribution is -2.29. The Kier molecular flexibility index (Phi) is 7.03. The van der Waals surface area contributed by atoms with E-state index in [-0.39, 0.29) is 22.9 Å². The number of methoxy groups -OCH3 is 1. The molecule has 1 aromatic heterocycles. The molecule has 0 unspecified atom stereocenters. The third-order valence-electron chi connectivity index (χ3n) is 2.56. The van der Waals surface area contributed by atoms with Crippen molar-refractivity contribution in [3.63, 3.8) is 0 Å². The Labute approximate surface area is 128 Å². The highest BCUT2D eigenvalue weighted by molar-refractivity contribution is 7.89. The molecule has 0 atom stereocenters. The average molecular weight is 333 g/mol. The van der Waals surface area contributed by atoms with Gasteiger partial charge in [-0.05, 0) is 24.3 Å². The van der Waals surface area contributed by atoms with Gasteiger partial charge in [0, 0.05) is 6.54 Å². The van der Waals surface area contributed by atoms with Crippen molar-refractivity contribution in [3.8, 4) is 0 Å². The highest BCUT2D eigenvalue weighted by Crippen LogP contribution is 2.27. The van der Waals surface area contributed by atoms with Crippen molar-refractivity contribution >= 4 is 27.3 Å². The van der Waals surface area contributed by atoms with Crippen LogP contribution in [0.2, 0.25) is 0 Å². The Balaban J connectivity index is 2.72. The van der Waals surface area contributed by atoms with E-state index in [0.717, 1.165) is 11.3 Å². The van der Waals surface area contributed by atoms with Crippen molar-refractivity contribution in [3.05, 3.63) is 28.5 Å². The highest BCUT2D eigenvalue weighted by atomic mass is 32.2. The number of carbonyl (C=O) groups excluding carboxylic acids is 1. The van der Waals surface area contributed by atoms with Gasteiger partial charge in [-0.1, -0.05) is 6.08 Å². The molecule has 1 heterocycles. The van der Waals surface area contributed by atoms with Crippen LogP contribution in [0, 0.1) is 6.92 Å². The largest absolute Gasteiger partial charge is 0.465 e. The number of thiophene rings is 1. The molecule has 0 saturated carbocycles. The molecule has 1 N–H and O–H groups in total. The molecular weight excluding hydrogens is 314 g/mol. The summed E-state index contributed by atoms with van der Waals surface area (Å²) >= 11 is 1.05. The predicted octanol–water partition coefficient (Wildman–Crippen LogP) is 1.71. The first-order valence-corrected chi connectivity index (χ1v) is 8.65. The molecule has 8 heteroatoms. The number of rotatable bonds is 9. The summed E-state index contributed by atoms with van der Waals surface area (Å²) in [5, 5.41) is 1.61. The number of ether oxygens (including phenoxy) is 2. The highest BCUT2D eigenvalue weighted by Gasteiger charge is 2.27. The SMILES string of the molecule is C=CCCOCCNS(=O)(=O)c1c(C)csc1C(=O)OC. The standard InChI is InChI=1S/C13H19NO5S2/c1-4-5-7-19-8-6-14-21(16,17)12-10(2)9-20-11(12)13(15)18-3/h4,9,14H,1,5-8H2,2-3H3. The normalized spacial score (nSPS) is 11.3. The molecule has 6 nitrogen and oxygen atoms in total. The van der Waals surface area contributed by atoms with Gasteiger partial charge in [-0.3, -0.25) is 0 Å². The second kappa shape index (κ2) is 8.28. The van der Waals surface area contributed by atoms with E-state index in [9.17, 15) is 13.2 Å². The zero-order valence-electron chi connectivity index (χ0n) is 12.0. The lowest BCUT2D eigenvalue weighted by atomic mass is 10.3. The molecule has 0 spiro atoms. The minimum atomic E-state index is -3.77. The third kappa shape index (κ3) is 4.92. The zero-order chi connectivity index (χ0) is 15.9. The van der Waals surface area contributed by atoms with Gasteiger partial charge in [-0.2, -0.15) is 0 Å².